The summed E-state index contributed by atoms with van der Waals surface area (Å²) >= 11 is 1.38. The Labute approximate surface area is 207 Å². The lowest BCUT2D eigenvalue weighted by atomic mass is 10.1. The van der Waals surface area contributed by atoms with Crippen LogP contribution in [0.15, 0.2) is 71.1 Å². The number of rotatable bonds is 4. The van der Waals surface area contributed by atoms with Crippen LogP contribution in [0.2, 0.25) is 0 Å². The first kappa shape index (κ1) is 23.7. The molecule has 6 nitrogen and oxygen atoms in total. The number of carbonyl (C=O) groups excluding carboxylic acids is 1. The van der Waals surface area contributed by atoms with E-state index in [0.717, 1.165) is 17.0 Å². The molecule has 0 spiro atoms. The van der Waals surface area contributed by atoms with Crippen LogP contribution < -0.4 is 10.9 Å². The van der Waals surface area contributed by atoms with E-state index in [1.807, 2.05) is 26.0 Å². The molecule has 36 heavy (non-hydrogen) atoms. The molecule has 0 saturated heterocycles. The van der Waals surface area contributed by atoms with E-state index in [1.54, 1.807) is 23.7 Å². The van der Waals surface area contributed by atoms with Gasteiger partial charge in [0.05, 0.1) is 33.9 Å². The molecule has 0 unspecified atom stereocenters. The van der Waals surface area contributed by atoms with E-state index in [9.17, 15) is 22.8 Å². The van der Waals surface area contributed by atoms with Crippen LogP contribution in [0.3, 0.4) is 0 Å². The lowest BCUT2D eigenvalue weighted by molar-refractivity contribution is -0.137. The molecule has 4 aromatic heterocycles. The first-order valence-electron chi connectivity index (χ1n) is 11.0. The molecule has 182 valence electrons. The number of aryl methyl sites for hydroxylation is 1. The molecule has 5 rings (SSSR count). The number of carbonyl (C=O) groups is 1. The molecule has 0 aliphatic rings. The van der Waals surface area contributed by atoms with Gasteiger partial charge < -0.3 is 5.32 Å². The third-order valence-electron chi connectivity index (χ3n) is 5.95. The number of amides is 1. The van der Waals surface area contributed by atoms with Gasteiger partial charge in [-0.25, -0.2) is 4.98 Å². The van der Waals surface area contributed by atoms with Gasteiger partial charge in [0.25, 0.3) is 11.5 Å². The second kappa shape index (κ2) is 8.87. The minimum absolute atomic E-state index is 0.247. The number of benzene rings is 1. The molecule has 1 N–H and O–H groups in total. The van der Waals surface area contributed by atoms with Gasteiger partial charge in [-0.1, -0.05) is 6.07 Å². The molecule has 0 radical (unpaired) electrons. The number of hydrogen-bond donors (Lipinski definition) is 1. The van der Waals surface area contributed by atoms with Gasteiger partial charge in [-0.2, -0.15) is 13.2 Å². The fraction of sp³-hybridized carbons (Fsp3) is 0.154. The molecule has 1 atom stereocenters. The Morgan fingerprint density at radius 2 is 1.83 bits per heavy atom. The van der Waals surface area contributed by atoms with Gasteiger partial charge in [-0.05, 0) is 56.3 Å². The predicted molar refractivity (Wildman–Crippen MR) is 133 cm³/mol. The molecule has 0 saturated carbocycles. The fourth-order valence-corrected chi connectivity index (χ4v) is 4.98. The van der Waals surface area contributed by atoms with E-state index >= 15 is 0 Å². The van der Waals surface area contributed by atoms with E-state index in [2.05, 4.69) is 15.3 Å². The number of halogens is 3. The Hall–Kier alpha value is -4.05. The molecule has 0 bridgehead atoms. The summed E-state index contributed by atoms with van der Waals surface area (Å²) in [6.45, 7) is 3.68. The summed E-state index contributed by atoms with van der Waals surface area (Å²) in [5.74, 6) is -0.365. The summed E-state index contributed by atoms with van der Waals surface area (Å²) in [6.07, 6.45) is -1.49. The van der Waals surface area contributed by atoms with Gasteiger partial charge in [0.15, 0.2) is 0 Å². The van der Waals surface area contributed by atoms with E-state index in [4.69, 9.17) is 0 Å². The standard InChI is InChI=1S/C26H19F3N4O2S/c1-14(21-5-3-4-10-30-21)32-24(34)16-11-19-22-15(2)36-13-20(22)25(35)33(23(19)31-12-16)18-8-6-17(7-9-18)26(27,28)29/h3-14H,1-2H3,(H,32,34)/t14-/m0/s1. The normalized spacial score (nSPS) is 12.7. The van der Waals surface area contributed by atoms with Crippen molar-refractivity contribution in [3.63, 3.8) is 0 Å². The molecule has 1 aromatic carbocycles. The average Bonchev–Trinajstić information content (AvgIpc) is 3.26. The van der Waals surface area contributed by atoms with Crippen molar-refractivity contribution in [1.82, 2.24) is 19.9 Å². The SMILES string of the molecule is Cc1scc2c(=O)n(-c3ccc(C(F)(F)F)cc3)c3ncc(C(=O)N[C@@H](C)c4ccccn4)cc3c12. The summed E-state index contributed by atoms with van der Waals surface area (Å²) < 4.78 is 40.5. The Morgan fingerprint density at radius 3 is 2.50 bits per heavy atom. The first-order chi connectivity index (χ1) is 17.1. The zero-order valence-corrected chi connectivity index (χ0v) is 19.9. The number of aromatic nitrogens is 3. The summed E-state index contributed by atoms with van der Waals surface area (Å²) in [5.41, 5.74) is 0.280. The lowest BCUT2D eigenvalue weighted by Crippen LogP contribution is -2.27. The Bertz CT molecular complexity index is 1660. The highest BCUT2D eigenvalue weighted by atomic mass is 32.1. The van der Waals surface area contributed by atoms with Crippen molar-refractivity contribution in [3.05, 3.63) is 98.4 Å². The zero-order valence-electron chi connectivity index (χ0n) is 19.1. The Morgan fingerprint density at radius 1 is 1.08 bits per heavy atom. The van der Waals surface area contributed by atoms with E-state index in [0.29, 0.717) is 21.9 Å². The summed E-state index contributed by atoms with van der Waals surface area (Å²) in [5, 5.41) is 6.24. The topological polar surface area (TPSA) is 76.9 Å². The van der Waals surface area contributed by atoms with Gasteiger partial charge in [-0.15, -0.1) is 11.3 Å². The Kier molecular flexibility index (Phi) is 5.83. The van der Waals surface area contributed by atoms with Crippen LogP contribution in [0.1, 0.15) is 39.5 Å². The molecule has 1 amide bonds. The highest BCUT2D eigenvalue weighted by Crippen LogP contribution is 2.33. The van der Waals surface area contributed by atoms with Crippen LogP contribution in [0.4, 0.5) is 13.2 Å². The molecule has 10 heteroatoms. The number of nitrogens with one attached hydrogen (secondary N) is 1. The van der Waals surface area contributed by atoms with Gasteiger partial charge >= 0.3 is 6.18 Å². The second-order valence-electron chi connectivity index (χ2n) is 8.31. The quantitative estimate of drug-likeness (QED) is 0.332. The first-order valence-corrected chi connectivity index (χ1v) is 11.8. The maximum absolute atomic E-state index is 13.4. The van der Waals surface area contributed by atoms with Crippen molar-refractivity contribution in [1.29, 1.82) is 0 Å². The van der Waals surface area contributed by atoms with Crippen molar-refractivity contribution in [3.8, 4) is 5.69 Å². The minimum atomic E-state index is -4.49. The highest BCUT2D eigenvalue weighted by molar-refractivity contribution is 7.11. The van der Waals surface area contributed by atoms with Gasteiger partial charge in [0.1, 0.15) is 5.65 Å². The zero-order chi connectivity index (χ0) is 25.6. The van der Waals surface area contributed by atoms with Gasteiger partial charge in [0, 0.05) is 33.4 Å². The van der Waals surface area contributed by atoms with E-state index in [1.165, 1.54) is 34.2 Å². The minimum Gasteiger partial charge on any atom is -0.344 e. The molecular weight excluding hydrogens is 489 g/mol. The van der Waals surface area contributed by atoms with Crippen molar-refractivity contribution in [2.45, 2.75) is 26.1 Å². The van der Waals surface area contributed by atoms with Crippen LogP contribution in [-0.2, 0) is 6.18 Å². The van der Waals surface area contributed by atoms with Crippen LogP contribution in [0.5, 0.6) is 0 Å². The highest BCUT2D eigenvalue weighted by Gasteiger charge is 2.30. The fourth-order valence-electron chi connectivity index (χ4n) is 4.13. The van der Waals surface area contributed by atoms with Crippen molar-refractivity contribution in [2.24, 2.45) is 0 Å². The van der Waals surface area contributed by atoms with Gasteiger partial charge in [0.2, 0.25) is 0 Å². The number of fused-ring (bicyclic) bond motifs is 3. The summed E-state index contributed by atoms with van der Waals surface area (Å²) in [7, 11) is 0. The molecular formula is C26H19F3N4O2S. The van der Waals surface area contributed by atoms with E-state index in [-0.39, 0.29) is 28.8 Å². The third kappa shape index (κ3) is 4.13. The molecule has 5 aromatic rings. The number of alkyl halides is 3. The van der Waals surface area contributed by atoms with Crippen LogP contribution >= 0.6 is 11.3 Å². The monoisotopic (exact) mass is 508 g/mol. The number of pyridine rings is 3. The predicted octanol–water partition coefficient (Wildman–Crippen LogP) is 5.81. The molecule has 0 aliphatic carbocycles. The van der Waals surface area contributed by atoms with Crippen molar-refractivity contribution < 1.29 is 18.0 Å². The third-order valence-corrected chi connectivity index (χ3v) is 6.86. The van der Waals surface area contributed by atoms with E-state index < -0.39 is 17.3 Å². The molecule has 4 heterocycles. The summed E-state index contributed by atoms with van der Waals surface area (Å²) in [6, 6.07) is 11.1. The smallest absolute Gasteiger partial charge is 0.344 e. The largest absolute Gasteiger partial charge is 0.416 e. The van der Waals surface area contributed by atoms with Crippen molar-refractivity contribution >= 4 is 39.0 Å². The Balaban J connectivity index is 1.64. The summed E-state index contributed by atoms with van der Waals surface area (Å²) in [4.78, 5) is 36.0. The second-order valence-corrected chi connectivity index (χ2v) is 9.39. The molecule has 0 aliphatic heterocycles. The van der Waals surface area contributed by atoms with Gasteiger partial charge in [-0.3, -0.25) is 19.1 Å². The lowest BCUT2D eigenvalue weighted by Gasteiger charge is -2.15. The number of nitrogens with zero attached hydrogens (tertiary/aromatic N) is 3. The maximum atomic E-state index is 13.4. The average molecular weight is 509 g/mol. The van der Waals surface area contributed by atoms with Crippen LogP contribution in [0.25, 0.3) is 27.5 Å². The number of hydrogen-bond acceptors (Lipinski definition) is 5. The maximum Gasteiger partial charge on any atom is 0.416 e. The van der Waals surface area contributed by atoms with Crippen molar-refractivity contribution in [2.75, 3.05) is 0 Å². The van der Waals surface area contributed by atoms with Crippen LogP contribution in [0, 0.1) is 6.92 Å². The number of thiophene rings is 1. The molecule has 0 fully saturated rings. The van der Waals surface area contributed by atoms with Crippen LogP contribution in [-0.4, -0.2) is 20.4 Å².